The normalized spacial score (nSPS) is 33.6. The Morgan fingerprint density at radius 2 is 2.00 bits per heavy atom. The Kier molecular flexibility index (Phi) is 4.90. The molecule has 1 rings (SSSR count). The van der Waals surface area contributed by atoms with Crippen molar-refractivity contribution in [3.8, 4) is 0 Å². The van der Waals surface area contributed by atoms with Crippen molar-refractivity contribution in [2.45, 2.75) is 51.6 Å². The van der Waals surface area contributed by atoms with Crippen molar-refractivity contribution in [1.82, 2.24) is 10.2 Å². The van der Waals surface area contributed by atoms with Gasteiger partial charge in [-0.05, 0) is 52.2 Å². The number of nitrogens with one attached hydrogen (secondary N) is 1. The van der Waals surface area contributed by atoms with Crippen LogP contribution in [0.1, 0.15) is 39.5 Å². The highest BCUT2D eigenvalue weighted by Crippen LogP contribution is 2.26. The number of nitrogens with zero attached hydrogens (tertiary/aromatic N) is 1. The van der Waals surface area contributed by atoms with E-state index in [0.717, 1.165) is 18.0 Å². The summed E-state index contributed by atoms with van der Waals surface area (Å²) < 4.78 is 0. The van der Waals surface area contributed by atoms with Crippen LogP contribution in [-0.4, -0.2) is 37.6 Å². The molecule has 84 valence electrons. The van der Waals surface area contributed by atoms with Crippen molar-refractivity contribution < 1.29 is 0 Å². The largest absolute Gasteiger partial charge is 0.312 e. The van der Waals surface area contributed by atoms with Crippen molar-refractivity contribution in [3.05, 3.63) is 0 Å². The smallest absolute Gasteiger partial charge is 0.0245 e. The Hall–Kier alpha value is -0.0800. The van der Waals surface area contributed by atoms with Gasteiger partial charge < -0.3 is 10.2 Å². The minimum atomic E-state index is 0.723. The van der Waals surface area contributed by atoms with E-state index in [1.165, 1.54) is 32.2 Å². The van der Waals surface area contributed by atoms with Gasteiger partial charge in [0.25, 0.3) is 0 Å². The minimum Gasteiger partial charge on any atom is -0.312 e. The maximum absolute atomic E-state index is 3.68. The fourth-order valence-electron chi connectivity index (χ4n) is 2.49. The molecule has 0 saturated heterocycles. The second-order valence-corrected chi connectivity index (χ2v) is 5.01. The van der Waals surface area contributed by atoms with Gasteiger partial charge >= 0.3 is 0 Å². The third-order valence-corrected chi connectivity index (χ3v) is 3.40. The first-order valence-corrected chi connectivity index (χ1v) is 6.05. The van der Waals surface area contributed by atoms with Crippen molar-refractivity contribution in [2.75, 3.05) is 20.6 Å². The molecule has 1 aliphatic carbocycles. The van der Waals surface area contributed by atoms with Gasteiger partial charge in [0, 0.05) is 12.1 Å². The van der Waals surface area contributed by atoms with Gasteiger partial charge in [0.15, 0.2) is 0 Å². The lowest BCUT2D eigenvalue weighted by Crippen LogP contribution is -2.50. The zero-order valence-corrected chi connectivity index (χ0v) is 10.2. The highest BCUT2D eigenvalue weighted by atomic mass is 15.1. The zero-order valence-electron chi connectivity index (χ0n) is 10.2. The van der Waals surface area contributed by atoms with Crippen LogP contribution in [-0.2, 0) is 0 Å². The van der Waals surface area contributed by atoms with E-state index in [0.29, 0.717) is 0 Å². The van der Waals surface area contributed by atoms with Crippen LogP contribution in [0.25, 0.3) is 0 Å². The zero-order chi connectivity index (χ0) is 10.6. The summed E-state index contributed by atoms with van der Waals surface area (Å²) in [6.07, 6.45) is 5.34. The fourth-order valence-corrected chi connectivity index (χ4v) is 2.49. The molecule has 0 aromatic heterocycles. The van der Waals surface area contributed by atoms with E-state index in [1.54, 1.807) is 0 Å². The second kappa shape index (κ2) is 5.72. The maximum Gasteiger partial charge on any atom is 0.0245 e. The predicted molar refractivity (Wildman–Crippen MR) is 62.6 cm³/mol. The van der Waals surface area contributed by atoms with Gasteiger partial charge in [-0.2, -0.15) is 0 Å². The van der Waals surface area contributed by atoms with Crippen molar-refractivity contribution >= 4 is 0 Å². The van der Waals surface area contributed by atoms with Crippen LogP contribution < -0.4 is 5.32 Å². The maximum atomic E-state index is 3.68. The van der Waals surface area contributed by atoms with Gasteiger partial charge in [-0.1, -0.05) is 13.8 Å². The number of likely N-dealkylation sites (N-methyl/N-ethyl adjacent to an activating group) is 1. The molecule has 14 heavy (non-hydrogen) atoms. The summed E-state index contributed by atoms with van der Waals surface area (Å²) in [6.45, 7) is 5.79. The highest BCUT2D eigenvalue weighted by molar-refractivity contribution is 4.88. The molecule has 3 unspecified atom stereocenters. The molecule has 2 heteroatoms. The molecule has 1 fully saturated rings. The van der Waals surface area contributed by atoms with Crippen LogP contribution in [0.15, 0.2) is 0 Å². The lowest BCUT2D eigenvalue weighted by molar-refractivity contribution is 0.147. The Morgan fingerprint density at radius 3 is 2.57 bits per heavy atom. The molecule has 1 aliphatic rings. The molecule has 0 heterocycles. The number of hydrogen-bond donors (Lipinski definition) is 1. The Morgan fingerprint density at radius 1 is 1.29 bits per heavy atom. The van der Waals surface area contributed by atoms with E-state index in [9.17, 15) is 0 Å². The molecular weight excluding hydrogens is 172 g/mol. The summed E-state index contributed by atoms with van der Waals surface area (Å²) >= 11 is 0. The van der Waals surface area contributed by atoms with Gasteiger partial charge in [0.1, 0.15) is 0 Å². The van der Waals surface area contributed by atoms with E-state index in [-0.39, 0.29) is 0 Å². The van der Waals surface area contributed by atoms with Gasteiger partial charge in [0.05, 0.1) is 0 Å². The minimum absolute atomic E-state index is 0.723. The first-order valence-electron chi connectivity index (χ1n) is 6.05. The Labute approximate surface area is 89.1 Å². The van der Waals surface area contributed by atoms with Crippen molar-refractivity contribution in [1.29, 1.82) is 0 Å². The third kappa shape index (κ3) is 3.25. The fraction of sp³-hybridized carbons (Fsp3) is 1.00. The molecule has 1 saturated carbocycles. The molecule has 0 aromatic rings. The van der Waals surface area contributed by atoms with E-state index in [2.05, 4.69) is 38.2 Å². The van der Waals surface area contributed by atoms with E-state index in [1.807, 2.05) is 0 Å². The molecule has 0 amide bonds. The van der Waals surface area contributed by atoms with Gasteiger partial charge in [0.2, 0.25) is 0 Å². The monoisotopic (exact) mass is 198 g/mol. The lowest BCUT2D eigenvalue weighted by Gasteiger charge is -2.39. The summed E-state index contributed by atoms with van der Waals surface area (Å²) in [5, 5.41) is 3.68. The number of rotatable bonds is 4. The number of hydrogen-bond acceptors (Lipinski definition) is 2. The molecule has 2 nitrogen and oxygen atoms in total. The highest BCUT2D eigenvalue weighted by Gasteiger charge is 2.29. The van der Waals surface area contributed by atoms with Gasteiger partial charge in [-0.25, -0.2) is 0 Å². The summed E-state index contributed by atoms with van der Waals surface area (Å²) in [5.41, 5.74) is 0. The molecule has 1 N–H and O–H groups in total. The van der Waals surface area contributed by atoms with Gasteiger partial charge in [-0.3, -0.25) is 0 Å². The topological polar surface area (TPSA) is 15.3 Å². The summed E-state index contributed by atoms with van der Waals surface area (Å²) in [4.78, 5) is 2.39. The molecule has 0 spiro atoms. The van der Waals surface area contributed by atoms with E-state index in [4.69, 9.17) is 0 Å². The van der Waals surface area contributed by atoms with Crippen LogP contribution in [0.3, 0.4) is 0 Å². The lowest BCUT2D eigenvalue weighted by atomic mass is 9.83. The average Bonchev–Trinajstić information content (AvgIpc) is 2.15. The van der Waals surface area contributed by atoms with Crippen LogP contribution in [0, 0.1) is 5.92 Å². The SMILES string of the molecule is CCCNC1CCC(C)CC1N(C)C. The molecule has 0 aromatic carbocycles. The molecule has 0 bridgehead atoms. The summed E-state index contributed by atoms with van der Waals surface area (Å²) in [7, 11) is 4.42. The van der Waals surface area contributed by atoms with Crippen molar-refractivity contribution in [3.63, 3.8) is 0 Å². The first kappa shape index (κ1) is 12.0. The molecular formula is C12H26N2. The van der Waals surface area contributed by atoms with E-state index >= 15 is 0 Å². The summed E-state index contributed by atoms with van der Waals surface area (Å²) in [6, 6.07) is 1.46. The molecule has 0 aliphatic heterocycles. The van der Waals surface area contributed by atoms with Crippen LogP contribution in [0.2, 0.25) is 0 Å². The second-order valence-electron chi connectivity index (χ2n) is 5.01. The van der Waals surface area contributed by atoms with Crippen molar-refractivity contribution in [2.24, 2.45) is 5.92 Å². The molecule has 0 radical (unpaired) electrons. The first-order chi connectivity index (χ1) is 6.65. The predicted octanol–water partition coefficient (Wildman–Crippen LogP) is 2.10. The average molecular weight is 198 g/mol. The van der Waals surface area contributed by atoms with E-state index < -0.39 is 0 Å². The van der Waals surface area contributed by atoms with Crippen LogP contribution in [0.4, 0.5) is 0 Å². The van der Waals surface area contributed by atoms with Crippen LogP contribution in [0.5, 0.6) is 0 Å². The van der Waals surface area contributed by atoms with Crippen LogP contribution >= 0.6 is 0 Å². The standard InChI is InChI=1S/C12H26N2/c1-5-8-13-11-7-6-10(2)9-12(11)14(3)4/h10-13H,5-9H2,1-4H3. The third-order valence-electron chi connectivity index (χ3n) is 3.40. The van der Waals surface area contributed by atoms with Gasteiger partial charge in [-0.15, -0.1) is 0 Å². The Bertz CT molecular complexity index is 154. The quantitative estimate of drug-likeness (QED) is 0.744. The Balaban J connectivity index is 2.45. The molecule has 3 atom stereocenters. The summed E-state index contributed by atoms with van der Waals surface area (Å²) in [5.74, 6) is 0.905.